The van der Waals surface area contributed by atoms with Crippen LogP contribution < -0.4 is 4.74 Å². The van der Waals surface area contributed by atoms with Gasteiger partial charge in [-0.05, 0) is 67.8 Å². The fraction of sp³-hybridized carbons (Fsp3) is 0.231. The molecule has 7 heteroatoms. The van der Waals surface area contributed by atoms with Crippen molar-refractivity contribution >= 4 is 17.4 Å². The molecule has 1 fully saturated rings. The highest BCUT2D eigenvalue weighted by molar-refractivity contribution is 6.46. The number of carbonyl (C=O) groups is 2. The van der Waals surface area contributed by atoms with Gasteiger partial charge in [-0.15, -0.1) is 0 Å². The number of nitrogens with zero attached hydrogens (tertiary/aromatic N) is 3. The van der Waals surface area contributed by atoms with Gasteiger partial charge in [-0.1, -0.05) is 12.1 Å². The highest BCUT2D eigenvalue weighted by atomic mass is 16.5. The van der Waals surface area contributed by atoms with Crippen molar-refractivity contribution in [2.24, 2.45) is 0 Å². The molecule has 1 atom stereocenters. The van der Waals surface area contributed by atoms with Crippen LogP contribution in [0.15, 0.2) is 72.8 Å². The van der Waals surface area contributed by atoms with E-state index in [0.29, 0.717) is 16.9 Å². The molecule has 0 spiro atoms. The lowest BCUT2D eigenvalue weighted by atomic mass is 9.94. The van der Waals surface area contributed by atoms with E-state index in [4.69, 9.17) is 4.74 Å². The van der Waals surface area contributed by atoms with Crippen LogP contribution in [0.2, 0.25) is 0 Å². The molecule has 0 radical (unpaired) electrons. The van der Waals surface area contributed by atoms with Gasteiger partial charge in [0.1, 0.15) is 11.5 Å². The quantitative estimate of drug-likeness (QED) is 0.349. The van der Waals surface area contributed by atoms with Gasteiger partial charge in [0.2, 0.25) is 0 Å². The summed E-state index contributed by atoms with van der Waals surface area (Å²) in [6.45, 7) is 5.86. The fourth-order valence-electron chi connectivity index (χ4n) is 4.01. The second-order valence-corrected chi connectivity index (χ2v) is 8.22. The summed E-state index contributed by atoms with van der Waals surface area (Å²) in [6.07, 6.45) is 6.52. The number of carbonyl (C=O) groups excluding carboxylic acids is 2. The maximum Gasteiger partial charge on any atom is 0.295 e. The van der Waals surface area contributed by atoms with Crippen molar-refractivity contribution in [2.75, 3.05) is 0 Å². The average molecular weight is 444 g/mol. The number of aliphatic hydroxyl groups is 1. The van der Waals surface area contributed by atoms with E-state index >= 15 is 0 Å². The number of likely N-dealkylation sites (tertiary alicyclic amines) is 1. The lowest BCUT2D eigenvalue weighted by Crippen LogP contribution is -2.29. The molecule has 33 heavy (non-hydrogen) atoms. The molecule has 0 saturated carbocycles. The van der Waals surface area contributed by atoms with Gasteiger partial charge >= 0.3 is 0 Å². The number of amides is 1. The van der Waals surface area contributed by atoms with Crippen molar-refractivity contribution in [1.29, 1.82) is 0 Å². The van der Waals surface area contributed by atoms with Crippen LogP contribution in [0, 0.1) is 6.92 Å². The zero-order valence-corrected chi connectivity index (χ0v) is 18.7. The normalized spacial score (nSPS) is 17.6. The molecule has 0 aliphatic carbocycles. The molecule has 7 nitrogen and oxygen atoms in total. The van der Waals surface area contributed by atoms with E-state index in [1.54, 1.807) is 61.2 Å². The Morgan fingerprint density at radius 3 is 2.42 bits per heavy atom. The maximum atomic E-state index is 13.2. The predicted molar refractivity (Wildman–Crippen MR) is 123 cm³/mol. The third kappa shape index (κ3) is 4.48. The Morgan fingerprint density at radius 1 is 1.09 bits per heavy atom. The van der Waals surface area contributed by atoms with E-state index in [0.717, 1.165) is 11.1 Å². The molecule has 168 valence electrons. The van der Waals surface area contributed by atoms with Gasteiger partial charge in [0.15, 0.2) is 0 Å². The number of Topliss-reactive ketones (excluding diaryl/α,β-unsaturated/α-hetero) is 1. The molecule has 1 N–H and O–H groups in total. The number of ketones is 1. The zero-order valence-electron chi connectivity index (χ0n) is 18.7. The third-order valence-corrected chi connectivity index (χ3v) is 5.44. The molecular formula is C26H25N3O4. The number of aromatic nitrogens is 2. The molecule has 2 aromatic heterocycles. The lowest BCUT2D eigenvalue weighted by molar-refractivity contribution is -0.140. The van der Waals surface area contributed by atoms with E-state index in [1.807, 2.05) is 26.8 Å². The minimum atomic E-state index is -0.773. The molecular weight excluding hydrogens is 418 g/mol. The summed E-state index contributed by atoms with van der Waals surface area (Å²) >= 11 is 0. The Bertz CT molecular complexity index is 1210. The molecule has 3 heterocycles. The second-order valence-electron chi connectivity index (χ2n) is 8.22. The van der Waals surface area contributed by atoms with E-state index in [-0.39, 0.29) is 24.0 Å². The molecule has 4 rings (SSSR count). The van der Waals surface area contributed by atoms with Gasteiger partial charge in [0.05, 0.1) is 17.7 Å². The number of hydrogen-bond donors (Lipinski definition) is 1. The predicted octanol–water partition coefficient (Wildman–Crippen LogP) is 4.19. The van der Waals surface area contributed by atoms with Gasteiger partial charge in [-0.25, -0.2) is 0 Å². The summed E-state index contributed by atoms with van der Waals surface area (Å²) in [4.78, 5) is 35.9. The van der Waals surface area contributed by atoms with E-state index in [2.05, 4.69) is 9.97 Å². The topological polar surface area (TPSA) is 92.6 Å². The third-order valence-electron chi connectivity index (χ3n) is 5.44. The van der Waals surface area contributed by atoms with Crippen molar-refractivity contribution in [3.8, 4) is 5.75 Å². The highest BCUT2D eigenvalue weighted by Crippen LogP contribution is 2.40. The molecule has 1 aliphatic rings. The van der Waals surface area contributed by atoms with Crippen LogP contribution in [-0.4, -0.2) is 37.8 Å². The van der Waals surface area contributed by atoms with Crippen LogP contribution in [0.3, 0.4) is 0 Å². The first-order chi connectivity index (χ1) is 15.9. The first-order valence-corrected chi connectivity index (χ1v) is 10.7. The summed E-state index contributed by atoms with van der Waals surface area (Å²) in [5.41, 5.74) is 2.66. The summed E-state index contributed by atoms with van der Waals surface area (Å²) in [7, 11) is 0. The lowest BCUT2D eigenvalue weighted by Gasteiger charge is -2.25. The number of aliphatic hydroxyl groups excluding tert-OH is 1. The minimum Gasteiger partial charge on any atom is -0.507 e. The molecule has 0 bridgehead atoms. The molecule has 1 saturated heterocycles. The maximum absolute atomic E-state index is 13.2. The number of ether oxygens (including phenoxy) is 1. The Kier molecular flexibility index (Phi) is 6.22. The number of benzene rings is 1. The van der Waals surface area contributed by atoms with Crippen LogP contribution in [0.4, 0.5) is 0 Å². The molecule has 1 amide bonds. The van der Waals surface area contributed by atoms with Gasteiger partial charge in [0, 0.05) is 36.9 Å². The smallest absolute Gasteiger partial charge is 0.295 e. The van der Waals surface area contributed by atoms with Crippen LogP contribution in [0.5, 0.6) is 5.75 Å². The first kappa shape index (κ1) is 22.2. The van der Waals surface area contributed by atoms with Crippen LogP contribution in [0.25, 0.3) is 5.76 Å². The van der Waals surface area contributed by atoms with Crippen molar-refractivity contribution in [3.63, 3.8) is 0 Å². The highest BCUT2D eigenvalue weighted by Gasteiger charge is 2.46. The average Bonchev–Trinajstić information content (AvgIpc) is 3.04. The molecule has 1 aromatic carbocycles. The van der Waals surface area contributed by atoms with Crippen LogP contribution in [-0.2, 0) is 16.1 Å². The van der Waals surface area contributed by atoms with Gasteiger partial charge in [-0.3, -0.25) is 19.6 Å². The molecule has 1 aliphatic heterocycles. The molecule has 3 aromatic rings. The van der Waals surface area contributed by atoms with Crippen LogP contribution >= 0.6 is 0 Å². The van der Waals surface area contributed by atoms with Gasteiger partial charge in [-0.2, -0.15) is 0 Å². The Balaban J connectivity index is 1.82. The van der Waals surface area contributed by atoms with Crippen LogP contribution in [0.1, 0.15) is 42.1 Å². The molecule has 0 unspecified atom stereocenters. The second kappa shape index (κ2) is 9.24. The van der Waals surface area contributed by atoms with Crippen molar-refractivity contribution in [1.82, 2.24) is 14.9 Å². The summed E-state index contributed by atoms with van der Waals surface area (Å²) in [6, 6.07) is 11.6. The number of aryl methyl sites for hydroxylation is 1. The first-order valence-electron chi connectivity index (χ1n) is 10.7. The van der Waals surface area contributed by atoms with E-state index in [9.17, 15) is 14.7 Å². The van der Waals surface area contributed by atoms with Gasteiger partial charge < -0.3 is 14.7 Å². The Morgan fingerprint density at radius 2 is 1.82 bits per heavy atom. The zero-order chi connectivity index (χ0) is 23.5. The SMILES string of the molecule is Cc1cc(OC(C)C)ccc1C(O)=C1C(=O)C(=O)N(Cc2cccnc2)[C@H]1c1cccnc1. The monoisotopic (exact) mass is 443 g/mol. The minimum absolute atomic E-state index is 0.00669. The van der Waals surface area contributed by atoms with Gasteiger partial charge in [0.25, 0.3) is 11.7 Å². The standard InChI is InChI=1S/C26H25N3O4/c1-16(2)33-20-8-9-21(17(3)12-20)24(30)22-23(19-7-5-11-28-14-19)29(26(32)25(22)31)15-18-6-4-10-27-13-18/h4-14,16,23,30H,15H2,1-3H3/t23-/m0/s1. The largest absolute Gasteiger partial charge is 0.507 e. The van der Waals surface area contributed by atoms with Crippen molar-refractivity contribution < 1.29 is 19.4 Å². The fourth-order valence-corrected chi connectivity index (χ4v) is 4.01. The Labute approximate surface area is 192 Å². The number of hydrogen-bond acceptors (Lipinski definition) is 6. The van der Waals surface area contributed by atoms with Crippen molar-refractivity contribution in [2.45, 2.75) is 39.5 Å². The summed E-state index contributed by atoms with van der Waals surface area (Å²) in [5.74, 6) is -0.955. The van der Waals surface area contributed by atoms with E-state index < -0.39 is 17.7 Å². The summed E-state index contributed by atoms with van der Waals surface area (Å²) in [5, 5.41) is 11.3. The van der Waals surface area contributed by atoms with Crippen molar-refractivity contribution in [3.05, 3.63) is 95.1 Å². The van der Waals surface area contributed by atoms with E-state index in [1.165, 1.54) is 4.90 Å². The summed E-state index contributed by atoms with van der Waals surface area (Å²) < 4.78 is 5.73. The Hall–Kier alpha value is -4.00. The number of rotatable bonds is 6. The number of pyridine rings is 2.